The molecule has 0 saturated carbocycles. The summed E-state index contributed by atoms with van der Waals surface area (Å²) in [6.07, 6.45) is 0. The number of nitro groups is 1. The summed E-state index contributed by atoms with van der Waals surface area (Å²) in [4.78, 5) is 22.9. The molecule has 3 aromatic rings. The Morgan fingerprint density at radius 3 is 2.03 bits per heavy atom. The molecule has 3 rings (SSSR count). The summed E-state index contributed by atoms with van der Waals surface area (Å²) < 4.78 is 21.2. The molecule has 2 N–H and O–H groups in total. The maximum Gasteiger partial charge on any atom is 0.305 e. The molecule has 1 amide bonds. The van der Waals surface area contributed by atoms with Crippen molar-refractivity contribution in [3.8, 4) is 0 Å². The molecule has 0 heterocycles. The summed E-state index contributed by atoms with van der Waals surface area (Å²) in [7, 11) is -2.92. The topological polar surface area (TPSA) is 102 Å². The summed E-state index contributed by atoms with van der Waals surface area (Å²) in [5, 5.41) is 25.3. The van der Waals surface area contributed by atoms with Crippen LogP contribution in [0.5, 0.6) is 0 Å². The molecule has 0 aliphatic heterocycles. The second-order valence-corrected chi connectivity index (χ2v) is 13.5. The van der Waals surface area contributed by atoms with E-state index in [1.54, 1.807) is 0 Å². The van der Waals surface area contributed by atoms with Gasteiger partial charge in [-0.1, -0.05) is 87.5 Å². The molecular weight excluding hydrogens is 467 g/mol. The highest BCUT2D eigenvalue weighted by atomic mass is 28.4. The monoisotopic (exact) mass is 496 g/mol. The zero-order chi connectivity index (χ0) is 25.6. The molecule has 0 aliphatic carbocycles. The van der Waals surface area contributed by atoms with Crippen molar-refractivity contribution in [1.29, 1.82) is 0 Å². The van der Waals surface area contributed by atoms with Crippen molar-refractivity contribution in [2.75, 3.05) is 13.2 Å². The Morgan fingerprint density at radius 2 is 1.57 bits per heavy atom. The molecule has 0 aliphatic rings. The number of nitrogens with zero attached hydrogens (tertiary/aromatic N) is 1. The smallest absolute Gasteiger partial charge is 0.305 e. The van der Waals surface area contributed by atoms with E-state index in [2.05, 4.69) is 26.1 Å². The first-order chi connectivity index (χ1) is 16.6. The van der Waals surface area contributed by atoms with Crippen LogP contribution in [0, 0.1) is 15.9 Å². The van der Waals surface area contributed by atoms with E-state index in [-0.39, 0.29) is 11.6 Å². The van der Waals surface area contributed by atoms with Gasteiger partial charge in [-0.05, 0) is 21.5 Å². The summed E-state index contributed by atoms with van der Waals surface area (Å²) >= 11 is 0. The van der Waals surface area contributed by atoms with Crippen molar-refractivity contribution < 1.29 is 23.6 Å². The van der Waals surface area contributed by atoms with Gasteiger partial charge in [-0.3, -0.25) is 14.9 Å². The SMILES string of the molecule is CC(C)(C)[Si](OCC(CO)NC(=O)c1cccc([N+](=O)[O-])c1F)(c1ccccc1)c1ccccc1. The van der Waals surface area contributed by atoms with Crippen molar-refractivity contribution in [2.24, 2.45) is 0 Å². The van der Waals surface area contributed by atoms with E-state index < -0.39 is 48.9 Å². The van der Waals surface area contributed by atoms with Crippen LogP contribution in [0.25, 0.3) is 0 Å². The molecule has 0 bridgehead atoms. The van der Waals surface area contributed by atoms with Crippen molar-refractivity contribution in [2.45, 2.75) is 31.9 Å². The van der Waals surface area contributed by atoms with E-state index in [1.807, 2.05) is 60.7 Å². The third kappa shape index (κ3) is 5.48. The number of nitro benzene ring substituents is 1. The minimum Gasteiger partial charge on any atom is -0.405 e. The van der Waals surface area contributed by atoms with Crippen molar-refractivity contribution in [3.63, 3.8) is 0 Å². The average molecular weight is 497 g/mol. The maximum atomic E-state index is 14.5. The minimum absolute atomic E-state index is 0.0356. The maximum absolute atomic E-state index is 14.5. The molecule has 35 heavy (non-hydrogen) atoms. The van der Waals surface area contributed by atoms with Gasteiger partial charge in [0.1, 0.15) is 0 Å². The zero-order valence-corrected chi connectivity index (χ0v) is 20.9. The van der Waals surface area contributed by atoms with Crippen LogP contribution in [-0.2, 0) is 4.43 Å². The standard InChI is InChI=1S/C26H29FN2O5Si/c1-26(2,3)35(20-11-6-4-7-12-20,21-13-8-5-9-14-21)34-18-19(17-30)28-25(31)22-15-10-16-23(24(22)27)29(32)33/h4-16,19,30H,17-18H2,1-3H3,(H,28,31). The predicted octanol–water partition coefficient (Wildman–Crippen LogP) is 3.40. The van der Waals surface area contributed by atoms with E-state index in [9.17, 15) is 24.4 Å². The molecular formula is C26H29FN2O5Si. The Kier molecular flexibility index (Phi) is 8.16. The Hall–Kier alpha value is -3.40. The van der Waals surface area contributed by atoms with Crippen molar-refractivity contribution >= 4 is 30.3 Å². The number of nitrogens with one attached hydrogen (secondary N) is 1. The fraction of sp³-hybridized carbons (Fsp3) is 0.269. The normalized spacial score (nSPS) is 12.7. The number of rotatable bonds is 9. The van der Waals surface area contributed by atoms with Gasteiger partial charge in [0.15, 0.2) is 0 Å². The lowest BCUT2D eigenvalue weighted by Gasteiger charge is -2.43. The van der Waals surface area contributed by atoms with Crippen LogP contribution in [0.3, 0.4) is 0 Å². The summed E-state index contributed by atoms with van der Waals surface area (Å²) in [5.41, 5.74) is -1.26. The first-order valence-electron chi connectivity index (χ1n) is 11.2. The second kappa shape index (κ2) is 10.9. The van der Waals surface area contributed by atoms with E-state index in [1.165, 1.54) is 6.07 Å². The highest BCUT2D eigenvalue weighted by molar-refractivity contribution is 6.99. The zero-order valence-electron chi connectivity index (χ0n) is 19.9. The van der Waals surface area contributed by atoms with E-state index in [0.29, 0.717) is 0 Å². The summed E-state index contributed by atoms with van der Waals surface area (Å²) in [6.45, 7) is 5.81. The molecule has 9 heteroatoms. The van der Waals surface area contributed by atoms with E-state index in [4.69, 9.17) is 4.43 Å². The molecule has 7 nitrogen and oxygen atoms in total. The van der Waals surface area contributed by atoms with Gasteiger partial charge in [0, 0.05) is 6.07 Å². The van der Waals surface area contributed by atoms with Gasteiger partial charge >= 0.3 is 5.69 Å². The molecule has 0 fully saturated rings. The van der Waals surface area contributed by atoms with Crippen molar-refractivity contribution in [1.82, 2.24) is 5.32 Å². The van der Waals surface area contributed by atoms with E-state index in [0.717, 1.165) is 22.5 Å². The molecule has 3 aromatic carbocycles. The number of benzene rings is 3. The van der Waals surface area contributed by atoms with Crippen LogP contribution in [0.4, 0.5) is 10.1 Å². The van der Waals surface area contributed by atoms with Crippen molar-refractivity contribution in [3.05, 3.63) is 100 Å². The van der Waals surface area contributed by atoms with Crippen LogP contribution < -0.4 is 15.7 Å². The van der Waals surface area contributed by atoms with Crippen LogP contribution >= 0.6 is 0 Å². The predicted molar refractivity (Wildman–Crippen MR) is 135 cm³/mol. The molecule has 1 atom stereocenters. The van der Waals surface area contributed by atoms with Gasteiger partial charge in [0.05, 0.1) is 29.7 Å². The number of hydrogen-bond acceptors (Lipinski definition) is 5. The molecule has 1 unspecified atom stereocenters. The van der Waals surface area contributed by atoms with Gasteiger partial charge in [-0.25, -0.2) is 0 Å². The largest absolute Gasteiger partial charge is 0.405 e. The number of aliphatic hydroxyl groups is 1. The number of carbonyl (C=O) groups excluding carboxylic acids is 1. The minimum atomic E-state index is -2.92. The molecule has 0 spiro atoms. The molecule has 0 radical (unpaired) electrons. The highest BCUT2D eigenvalue weighted by Crippen LogP contribution is 2.36. The lowest BCUT2D eigenvalue weighted by molar-refractivity contribution is -0.387. The number of halogens is 1. The Morgan fingerprint density at radius 1 is 1.03 bits per heavy atom. The lowest BCUT2D eigenvalue weighted by atomic mass is 10.1. The van der Waals surface area contributed by atoms with Crippen LogP contribution in [-0.4, -0.2) is 43.5 Å². The Bertz CT molecular complexity index is 1130. The Balaban J connectivity index is 1.93. The van der Waals surface area contributed by atoms with Crippen LogP contribution in [0.2, 0.25) is 5.04 Å². The van der Waals surface area contributed by atoms with Gasteiger partial charge in [0.25, 0.3) is 14.2 Å². The Labute approximate surface area is 204 Å². The summed E-state index contributed by atoms with van der Waals surface area (Å²) in [6, 6.07) is 22.3. The molecule has 0 aromatic heterocycles. The van der Waals surface area contributed by atoms with Gasteiger partial charge < -0.3 is 14.8 Å². The van der Waals surface area contributed by atoms with Crippen LogP contribution in [0.15, 0.2) is 78.9 Å². The summed E-state index contributed by atoms with van der Waals surface area (Å²) in [5.74, 6) is -2.09. The first-order valence-corrected chi connectivity index (χ1v) is 13.1. The van der Waals surface area contributed by atoms with Gasteiger partial charge in [-0.15, -0.1) is 0 Å². The number of hydrogen-bond donors (Lipinski definition) is 2. The number of amides is 1. The van der Waals surface area contributed by atoms with E-state index >= 15 is 0 Å². The van der Waals surface area contributed by atoms with Crippen LogP contribution in [0.1, 0.15) is 31.1 Å². The fourth-order valence-corrected chi connectivity index (χ4v) is 8.83. The quantitative estimate of drug-likeness (QED) is 0.269. The second-order valence-electron chi connectivity index (χ2n) is 9.22. The molecule has 0 saturated heterocycles. The third-order valence-corrected chi connectivity index (χ3v) is 10.9. The van der Waals surface area contributed by atoms with Gasteiger partial charge in [0.2, 0.25) is 5.82 Å². The van der Waals surface area contributed by atoms with Gasteiger partial charge in [-0.2, -0.15) is 4.39 Å². The number of carbonyl (C=O) groups is 1. The third-order valence-electron chi connectivity index (χ3n) is 5.89. The first kappa shape index (κ1) is 26.2. The lowest BCUT2D eigenvalue weighted by Crippen LogP contribution is -2.67. The fourth-order valence-electron chi connectivity index (χ4n) is 4.23. The highest BCUT2D eigenvalue weighted by Gasteiger charge is 2.50. The number of aliphatic hydroxyl groups excluding tert-OH is 1. The average Bonchev–Trinajstić information content (AvgIpc) is 2.84. The molecule has 184 valence electrons.